The van der Waals surface area contributed by atoms with E-state index in [1.165, 1.54) is 14.2 Å². The minimum Gasteiger partial charge on any atom is -0.469 e. The molecule has 0 aromatic heterocycles. The molecule has 8 heteroatoms. The molecule has 0 aromatic carbocycles. The number of nitrogens with zero attached hydrogens (tertiary/aromatic N) is 2. The van der Waals surface area contributed by atoms with E-state index in [2.05, 4.69) is 9.46 Å². The Kier molecular flexibility index (Phi) is 7.50. The highest BCUT2D eigenvalue weighted by molar-refractivity contribution is 7.87. The zero-order valence-electron chi connectivity index (χ0n) is 10.8. The van der Waals surface area contributed by atoms with Crippen molar-refractivity contribution in [3.05, 3.63) is 0 Å². The van der Waals surface area contributed by atoms with E-state index < -0.39 is 22.2 Å². The molecule has 0 aliphatic heterocycles. The maximum Gasteiger partial charge on any atom is 0.306 e. The molecule has 7 nitrogen and oxygen atoms in total. The van der Waals surface area contributed by atoms with E-state index in [9.17, 15) is 13.2 Å². The van der Waals surface area contributed by atoms with Crippen LogP contribution < -0.4 is 4.72 Å². The van der Waals surface area contributed by atoms with Gasteiger partial charge in [0.1, 0.15) is 0 Å². The van der Waals surface area contributed by atoms with Crippen LogP contribution in [0.2, 0.25) is 0 Å². The Bertz CT molecular complexity index is 402. The molecule has 0 rings (SSSR count). The first kappa shape index (κ1) is 16.8. The number of esters is 1. The molecule has 1 N–H and O–H groups in total. The van der Waals surface area contributed by atoms with Crippen molar-refractivity contribution in [2.45, 2.75) is 32.2 Å². The highest BCUT2D eigenvalue weighted by Gasteiger charge is 2.21. The Balaban J connectivity index is 4.43. The van der Waals surface area contributed by atoms with E-state index in [0.717, 1.165) is 4.31 Å². The average molecular weight is 277 g/mol. The second kappa shape index (κ2) is 8.02. The summed E-state index contributed by atoms with van der Waals surface area (Å²) in [7, 11) is -1.06. The molecule has 0 aliphatic rings. The molecule has 0 amide bonds. The molecule has 104 valence electrons. The number of methoxy groups -OCH3 is 1. The predicted octanol–water partition coefficient (Wildman–Crippen LogP) is 0.00798. The van der Waals surface area contributed by atoms with Gasteiger partial charge in [0.15, 0.2) is 0 Å². The minimum absolute atomic E-state index is 0.0110. The van der Waals surface area contributed by atoms with Crippen LogP contribution in [0.1, 0.15) is 26.2 Å². The second-order valence-electron chi connectivity index (χ2n) is 3.74. The Morgan fingerprint density at radius 3 is 2.61 bits per heavy atom. The van der Waals surface area contributed by atoms with Crippen molar-refractivity contribution >= 4 is 16.2 Å². The number of ether oxygens (including phenoxy) is 1. The first-order valence-electron chi connectivity index (χ1n) is 5.54. The lowest BCUT2D eigenvalue weighted by molar-refractivity contribution is -0.140. The average Bonchev–Trinajstić information content (AvgIpc) is 2.34. The maximum atomic E-state index is 11.8. The smallest absolute Gasteiger partial charge is 0.306 e. The molecule has 0 aromatic rings. The van der Waals surface area contributed by atoms with Crippen molar-refractivity contribution in [2.75, 3.05) is 20.7 Å². The first-order valence-corrected chi connectivity index (χ1v) is 6.98. The van der Waals surface area contributed by atoms with Crippen LogP contribution in [0.3, 0.4) is 0 Å². The van der Waals surface area contributed by atoms with Gasteiger partial charge in [-0.1, -0.05) is 6.92 Å². The summed E-state index contributed by atoms with van der Waals surface area (Å²) in [5.74, 6) is -0.471. The molecule has 0 heterocycles. The summed E-state index contributed by atoms with van der Waals surface area (Å²) in [5, 5.41) is 8.55. The topological polar surface area (TPSA) is 99.5 Å². The Morgan fingerprint density at radius 2 is 2.17 bits per heavy atom. The standard InChI is InChI=1S/C10H19N3O4S/c1-4-9(5-7-11)12-18(15,16)13(2)8-6-10(14)17-3/h9,12H,4-6,8H2,1-3H3. The molecule has 0 aliphatic carbocycles. The summed E-state index contributed by atoms with van der Waals surface area (Å²) < 4.78 is 31.5. The van der Waals surface area contributed by atoms with E-state index in [0.29, 0.717) is 6.42 Å². The minimum atomic E-state index is -3.67. The highest BCUT2D eigenvalue weighted by atomic mass is 32.2. The maximum absolute atomic E-state index is 11.8. The van der Waals surface area contributed by atoms with E-state index in [1.54, 1.807) is 6.92 Å². The van der Waals surface area contributed by atoms with E-state index >= 15 is 0 Å². The van der Waals surface area contributed by atoms with Crippen molar-refractivity contribution in [1.29, 1.82) is 5.26 Å². The van der Waals surface area contributed by atoms with Gasteiger partial charge in [0, 0.05) is 19.6 Å². The van der Waals surface area contributed by atoms with Gasteiger partial charge in [-0.2, -0.15) is 22.7 Å². The SMILES string of the molecule is CCC(CC#N)NS(=O)(=O)N(C)CCC(=O)OC. The van der Waals surface area contributed by atoms with Crippen molar-refractivity contribution in [2.24, 2.45) is 0 Å². The van der Waals surface area contributed by atoms with Crippen molar-refractivity contribution in [3.8, 4) is 6.07 Å². The summed E-state index contributed by atoms with van der Waals surface area (Å²) in [6.07, 6.45) is 0.626. The molecule has 1 atom stereocenters. The van der Waals surface area contributed by atoms with Gasteiger partial charge in [0.2, 0.25) is 0 Å². The Labute approximate surface area is 108 Å². The molecule has 1 unspecified atom stereocenters. The van der Waals surface area contributed by atoms with Gasteiger partial charge in [-0.3, -0.25) is 4.79 Å². The third-order valence-corrected chi connectivity index (χ3v) is 4.05. The number of rotatable bonds is 8. The molecule has 0 bridgehead atoms. The number of hydrogen-bond acceptors (Lipinski definition) is 5. The van der Waals surface area contributed by atoms with Crippen LogP contribution in [-0.4, -0.2) is 45.4 Å². The van der Waals surface area contributed by atoms with Gasteiger partial charge in [-0.15, -0.1) is 0 Å². The zero-order chi connectivity index (χ0) is 14.2. The summed E-state index contributed by atoms with van der Waals surface area (Å²) in [4.78, 5) is 10.9. The number of carbonyl (C=O) groups is 1. The van der Waals surface area contributed by atoms with Gasteiger partial charge < -0.3 is 4.74 Å². The molecule has 0 spiro atoms. The fourth-order valence-electron chi connectivity index (χ4n) is 1.15. The zero-order valence-corrected chi connectivity index (χ0v) is 11.7. The van der Waals surface area contributed by atoms with Gasteiger partial charge in [-0.05, 0) is 6.42 Å². The third kappa shape index (κ3) is 5.95. The van der Waals surface area contributed by atoms with Crippen LogP contribution in [0.5, 0.6) is 0 Å². The summed E-state index contributed by atoms with van der Waals surface area (Å²) in [5.41, 5.74) is 0. The van der Waals surface area contributed by atoms with E-state index in [-0.39, 0.29) is 19.4 Å². The van der Waals surface area contributed by atoms with Crippen LogP contribution in [0, 0.1) is 11.3 Å². The number of nitriles is 1. The monoisotopic (exact) mass is 277 g/mol. The number of nitrogens with one attached hydrogen (secondary N) is 1. The van der Waals surface area contributed by atoms with Crippen LogP contribution in [0.25, 0.3) is 0 Å². The Morgan fingerprint density at radius 1 is 1.56 bits per heavy atom. The fourth-order valence-corrected chi connectivity index (χ4v) is 2.33. The normalized spacial score (nSPS) is 13.1. The lowest BCUT2D eigenvalue weighted by Gasteiger charge is -2.20. The van der Waals surface area contributed by atoms with Gasteiger partial charge in [-0.25, -0.2) is 0 Å². The quantitative estimate of drug-likeness (QED) is 0.630. The van der Waals surface area contributed by atoms with Gasteiger partial charge in [0.25, 0.3) is 10.2 Å². The van der Waals surface area contributed by atoms with Crippen molar-refractivity contribution in [1.82, 2.24) is 9.03 Å². The van der Waals surface area contributed by atoms with Crippen LogP contribution in [0.4, 0.5) is 0 Å². The lowest BCUT2D eigenvalue weighted by atomic mass is 10.2. The fraction of sp³-hybridized carbons (Fsp3) is 0.800. The molecule has 0 saturated heterocycles. The molecular weight excluding hydrogens is 258 g/mol. The molecule has 0 radical (unpaired) electrons. The molecule has 0 saturated carbocycles. The van der Waals surface area contributed by atoms with Crippen LogP contribution in [0.15, 0.2) is 0 Å². The second-order valence-corrected chi connectivity index (χ2v) is 5.55. The van der Waals surface area contributed by atoms with E-state index in [4.69, 9.17) is 5.26 Å². The first-order chi connectivity index (χ1) is 8.37. The molecular formula is C10H19N3O4S. The highest BCUT2D eigenvalue weighted by Crippen LogP contribution is 2.03. The van der Waals surface area contributed by atoms with Crippen molar-refractivity contribution < 1.29 is 17.9 Å². The Hall–Kier alpha value is -1.17. The third-order valence-electron chi connectivity index (χ3n) is 2.41. The van der Waals surface area contributed by atoms with Crippen LogP contribution >= 0.6 is 0 Å². The summed E-state index contributed by atoms with van der Waals surface area (Å²) in [6.45, 7) is 1.82. The predicted molar refractivity (Wildman–Crippen MR) is 65.6 cm³/mol. The summed E-state index contributed by atoms with van der Waals surface area (Å²) >= 11 is 0. The van der Waals surface area contributed by atoms with Gasteiger partial charge in [0.05, 0.1) is 26.0 Å². The van der Waals surface area contributed by atoms with Gasteiger partial charge >= 0.3 is 5.97 Å². The molecule has 18 heavy (non-hydrogen) atoms. The summed E-state index contributed by atoms with van der Waals surface area (Å²) in [6, 6.07) is 1.50. The molecule has 0 fully saturated rings. The van der Waals surface area contributed by atoms with Crippen molar-refractivity contribution in [3.63, 3.8) is 0 Å². The van der Waals surface area contributed by atoms with Crippen LogP contribution in [-0.2, 0) is 19.7 Å². The van der Waals surface area contributed by atoms with E-state index in [1.807, 2.05) is 6.07 Å². The largest absolute Gasteiger partial charge is 0.469 e. The number of hydrogen-bond donors (Lipinski definition) is 1. The number of carbonyl (C=O) groups excluding carboxylic acids is 1. The lowest BCUT2D eigenvalue weighted by Crippen LogP contribution is -2.44.